The van der Waals surface area contributed by atoms with Gasteiger partial charge in [0, 0.05) is 24.5 Å². The molecule has 0 aliphatic rings. The summed E-state index contributed by atoms with van der Waals surface area (Å²) in [6.07, 6.45) is 4.15. The Hall–Kier alpha value is -0.190. The molecule has 116 valence electrons. The fraction of sp³-hybridized carbons (Fsp3) is 0.800. The third-order valence-corrected chi connectivity index (χ3v) is 2.79. The number of aldehydes is 1. The number of halogens is 1. The maximum atomic E-state index is 10.2. The van der Waals surface area contributed by atoms with Gasteiger partial charge in [-0.2, -0.15) is 0 Å². The lowest BCUT2D eigenvalue weighted by Gasteiger charge is -2.09. The largest absolute Gasteiger partial charge is 0.353 e. The molecule has 0 aliphatic heterocycles. The average molecular weight is 339 g/mol. The summed E-state index contributed by atoms with van der Waals surface area (Å²) in [5.74, 6) is 0.294. The molecule has 0 aromatic carbocycles. The van der Waals surface area contributed by atoms with Gasteiger partial charge in [0.25, 0.3) is 0 Å². The van der Waals surface area contributed by atoms with Crippen LogP contribution in [0.3, 0.4) is 0 Å². The predicted molar refractivity (Wildman–Crippen MR) is 86.8 cm³/mol. The fourth-order valence-electron chi connectivity index (χ4n) is 1.23. The second-order valence-corrected chi connectivity index (χ2v) is 4.41. The average Bonchev–Trinajstić information content (AvgIpc) is 2.44. The normalized spacial score (nSPS) is 10.8. The molecular formula is C15H31BrO3. The van der Waals surface area contributed by atoms with E-state index in [2.05, 4.69) is 29.1 Å². The van der Waals surface area contributed by atoms with Crippen molar-refractivity contribution in [3.8, 4) is 0 Å². The van der Waals surface area contributed by atoms with Crippen LogP contribution in [0, 0.1) is 5.92 Å². The van der Waals surface area contributed by atoms with Crippen molar-refractivity contribution < 1.29 is 14.3 Å². The lowest BCUT2D eigenvalue weighted by molar-refractivity contribution is -0.123. The summed E-state index contributed by atoms with van der Waals surface area (Å²) in [5.41, 5.74) is 0. The zero-order valence-corrected chi connectivity index (χ0v) is 14.6. The number of hydrogen-bond donors (Lipinski definition) is 0. The molecule has 0 saturated carbocycles. The number of hydrogen-bond acceptors (Lipinski definition) is 3. The van der Waals surface area contributed by atoms with Crippen molar-refractivity contribution in [2.24, 2.45) is 5.92 Å². The molecule has 0 radical (unpaired) electrons. The van der Waals surface area contributed by atoms with Crippen LogP contribution in [0.4, 0.5) is 0 Å². The molecule has 0 aliphatic carbocycles. The minimum atomic E-state index is -0.0370. The highest BCUT2D eigenvalue weighted by atomic mass is 79.9. The van der Waals surface area contributed by atoms with E-state index in [-0.39, 0.29) is 6.29 Å². The van der Waals surface area contributed by atoms with Crippen LogP contribution in [-0.4, -0.2) is 31.1 Å². The van der Waals surface area contributed by atoms with Crippen molar-refractivity contribution in [3.05, 3.63) is 13.2 Å². The van der Waals surface area contributed by atoms with Gasteiger partial charge in [0.1, 0.15) is 6.29 Å². The zero-order chi connectivity index (χ0) is 15.5. The smallest absolute Gasteiger partial charge is 0.154 e. The highest BCUT2D eigenvalue weighted by molar-refractivity contribution is 9.09. The molecule has 0 aromatic rings. The molecule has 3 nitrogen and oxygen atoms in total. The maximum Gasteiger partial charge on any atom is 0.154 e. The van der Waals surface area contributed by atoms with E-state index in [4.69, 9.17) is 9.47 Å². The summed E-state index contributed by atoms with van der Waals surface area (Å²) >= 11 is 3.32. The van der Waals surface area contributed by atoms with E-state index in [1.165, 1.54) is 0 Å². The van der Waals surface area contributed by atoms with Gasteiger partial charge in [-0.3, -0.25) is 0 Å². The lowest BCUT2D eigenvalue weighted by atomic mass is 10.0. The first-order valence-corrected chi connectivity index (χ1v) is 8.02. The zero-order valence-electron chi connectivity index (χ0n) is 13.0. The highest BCUT2D eigenvalue weighted by Gasteiger charge is 2.01. The molecule has 0 amide bonds. The Balaban J connectivity index is -0.000000239. The van der Waals surface area contributed by atoms with Crippen LogP contribution in [0.5, 0.6) is 0 Å². The molecule has 1 unspecified atom stereocenters. The monoisotopic (exact) mass is 338 g/mol. The summed E-state index contributed by atoms with van der Waals surface area (Å²) in [6.45, 7) is 15.3. The van der Waals surface area contributed by atoms with Crippen molar-refractivity contribution in [1.29, 1.82) is 0 Å². The van der Waals surface area contributed by atoms with E-state index in [1.54, 1.807) is 0 Å². The minimum Gasteiger partial charge on any atom is -0.353 e. The first kappa shape index (κ1) is 23.9. The van der Waals surface area contributed by atoms with Gasteiger partial charge in [0.05, 0.1) is 0 Å². The number of carbonyl (C=O) groups excluding carboxylic acids is 1. The third kappa shape index (κ3) is 23.3. The van der Waals surface area contributed by atoms with Gasteiger partial charge in [-0.15, -0.1) is 13.2 Å². The van der Waals surface area contributed by atoms with Gasteiger partial charge in [0.15, 0.2) is 6.29 Å². The number of carbonyl (C=O) groups is 1. The van der Waals surface area contributed by atoms with Crippen LogP contribution in [-0.2, 0) is 14.3 Å². The first-order chi connectivity index (χ1) is 9.15. The number of ether oxygens (including phenoxy) is 2. The maximum absolute atomic E-state index is 10.2. The third-order valence-electron chi connectivity index (χ3n) is 2.23. The second-order valence-electron chi connectivity index (χ2n) is 3.61. The van der Waals surface area contributed by atoms with E-state index in [9.17, 15) is 4.79 Å². The van der Waals surface area contributed by atoms with Gasteiger partial charge in [-0.05, 0) is 40.0 Å². The van der Waals surface area contributed by atoms with Crippen molar-refractivity contribution in [1.82, 2.24) is 0 Å². The minimum absolute atomic E-state index is 0.0370. The Morgan fingerprint density at radius 2 is 1.63 bits per heavy atom. The van der Waals surface area contributed by atoms with Crippen LogP contribution in [0.15, 0.2) is 13.2 Å². The fourth-order valence-corrected chi connectivity index (χ4v) is 1.55. The summed E-state index contributed by atoms with van der Waals surface area (Å²) in [5, 5.41) is 1.01. The van der Waals surface area contributed by atoms with Crippen molar-refractivity contribution in [3.63, 3.8) is 0 Å². The number of rotatable bonds is 9. The van der Waals surface area contributed by atoms with Crippen LogP contribution in [0.1, 0.15) is 47.0 Å². The second kappa shape index (κ2) is 22.9. The van der Waals surface area contributed by atoms with Crippen LogP contribution in [0.2, 0.25) is 0 Å². The molecule has 0 fully saturated rings. The molecular weight excluding hydrogens is 308 g/mol. The molecule has 0 bridgehead atoms. The van der Waals surface area contributed by atoms with Crippen molar-refractivity contribution in [2.75, 3.05) is 18.5 Å². The Morgan fingerprint density at radius 1 is 1.16 bits per heavy atom. The van der Waals surface area contributed by atoms with E-state index in [0.717, 1.165) is 44.1 Å². The SMILES string of the molecule is C=C.CCC(C=O)CCCBr.CCOC(C)OCC. The molecule has 0 saturated heterocycles. The Kier molecular flexibility index (Phi) is 28.8. The van der Waals surface area contributed by atoms with Crippen LogP contribution >= 0.6 is 15.9 Å². The van der Waals surface area contributed by atoms with Gasteiger partial charge >= 0.3 is 0 Å². The standard InChI is InChI=1S/C7H13BrO.C6H14O2.C2H4/c1-2-7(6-9)4-3-5-8;1-4-7-6(3)8-5-2;1-2/h6-7H,2-5H2,1H3;6H,4-5H2,1-3H3;1-2H2. The summed E-state index contributed by atoms with van der Waals surface area (Å²) < 4.78 is 10.1. The summed E-state index contributed by atoms with van der Waals surface area (Å²) in [6, 6.07) is 0. The molecule has 19 heavy (non-hydrogen) atoms. The van der Waals surface area contributed by atoms with Crippen molar-refractivity contribution in [2.45, 2.75) is 53.2 Å². The molecule has 0 spiro atoms. The van der Waals surface area contributed by atoms with Gasteiger partial charge in [-0.1, -0.05) is 22.9 Å². The first-order valence-electron chi connectivity index (χ1n) is 6.90. The summed E-state index contributed by atoms with van der Waals surface area (Å²) in [7, 11) is 0. The molecule has 1 atom stereocenters. The Morgan fingerprint density at radius 3 is 1.89 bits per heavy atom. The van der Waals surface area contributed by atoms with Gasteiger partial charge in [0.2, 0.25) is 0 Å². The van der Waals surface area contributed by atoms with Crippen LogP contribution < -0.4 is 0 Å². The quantitative estimate of drug-likeness (QED) is 0.267. The topological polar surface area (TPSA) is 35.5 Å². The Bertz CT molecular complexity index is 159. The summed E-state index contributed by atoms with van der Waals surface area (Å²) in [4.78, 5) is 10.2. The highest BCUT2D eigenvalue weighted by Crippen LogP contribution is 2.08. The molecule has 0 heterocycles. The molecule has 0 aromatic heterocycles. The van der Waals surface area contributed by atoms with Gasteiger partial charge in [-0.25, -0.2) is 0 Å². The van der Waals surface area contributed by atoms with E-state index in [1.807, 2.05) is 27.7 Å². The predicted octanol–water partition coefficient (Wildman–Crippen LogP) is 4.59. The Labute approximate surface area is 127 Å². The molecule has 0 rings (SSSR count). The van der Waals surface area contributed by atoms with E-state index in [0.29, 0.717) is 5.92 Å². The molecule has 4 heteroatoms. The van der Waals surface area contributed by atoms with Crippen molar-refractivity contribution >= 4 is 22.2 Å². The van der Waals surface area contributed by atoms with Crippen LogP contribution in [0.25, 0.3) is 0 Å². The van der Waals surface area contributed by atoms with Gasteiger partial charge < -0.3 is 14.3 Å². The molecule has 0 N–H and O–H groups in total. The van der Waals surface area contributed by atoms with E-state index < -0.39 is 0 Å². The lowest BCUT2D eigenvalue weighted by Crippen LogP contribution is -2.11. The van der Waals surface area contributed by atoms with E-state index >= 15 is 0 Å². The number of alkyl halides is 1.